The minimum atomic E-state index is -3.55. The highest BCUT2D eigenvalue weighted by Gasteiger charge is 2.19. The van der Waals surface area contributed by atoms with Crippen LogP contribution in [0.25, 0.3) is 0 Å². The predicted octanol–water partition coefficient (Wildman–Crippen LogP) is 1.96. The van der Waals surface area contributed by atoms with Crippen molar-refractivity contribution in [1.29, 1.82) is 0 Å². The molecule has 0 aromatic heterocycles. The van der Waals surface area contributed by atoms with Crippen molar-refractivity contribution in [3.05, 3.63) is 12.7 Å². The monoisotopic (exact) mass is 184 g/mol. The van der Waals surface area contributed by atoms with E-state index in [-0.39, 0.29) is 5.62 Å². The van der Waals surface area contributed by atoms with Crippen LogP contribution in [0.3, 0.4) is 0 Å². The molecule has 0 saturated heterocycles. The van der Waals surface area contributed by atoms with Gasteiger partial charge in [-0.05, 0) is 6.92 Å². The molecule has 1 N–H and O–H groups in total. The van der Waals surface area contributed by atoms with Gasteiger partial charge in [0.1, 0.15) is 5.62 Å². The molecule has 0 fully saturated rings. The molecule has 2 unspecified atom stereocenters. The minimum absolute atomic E-state index is 0.384. The van der Waals surface area contributed by atoms with Gasteiger partial charge in [-0.15, -0.1) is 18.2 Å². The Morgan fingerprint density at radius 3 is 2.80 bits per heavy atom. The van der Waals surface area contributed by atoms with E-state index < -0.39 is 13.7 Å². The maximum atomic E-state index is 10.7. The predicted molar refractivity (Wildman–Crippen MR) is 41.3 cm³/mol. The Labute approximate surface area is 65.2 Å². The first-order valence-corrected chi connectivity index (χ1v) is 5.00. The topological polar surface area (TPSA) is 46.5 Å². The lowest BCUT2D eigenvalue weighted by Gasteiger charge is -2.11. The Balaban J connectivity index is 3.88. The maximum Gasteiger partial charge on any atom is 0.343 e. The molecule has 2 atom stereocenters. The Hall–Kier alpha value is 0.180. The molecule has 0 aliphatic rings. The van der Waals surface area contributed by atoms with E-state index in [1.165, 1.54) is 6.08 Å². The lowest BCUT2D eigenvalue weighted by molar-refractivity contribution is 0.229. The van der Waals surface area contributed by atoms with Crippen LogP contribution in [0.15, 0.2) is 12.7 Å². The quantitative estimate of drug-likeness (QED) is 0.413. The van der Waals surface area contributed by atoms with Crippen molar-refractivity contribution < 1.29 is 14.0 Å². The summed E-state index contributed by atoms with van der Waals surface area (Å²) in [5.41, 5.74) is -0.384. The molecule has 0 rings (SSSR count). The first kappa shape index (κ1) is 10.2. The van der Waals surface area contributed by atoms with Gasteiger partial charge < -0.3 is 9.42 Å². The molecule has 0 radical (unpaired) electrons. The van der Waals surface area contributed by atoms with E-state index in [0.717, 1.165) is 0 Å². The summed E-state index contributed by atoms with van der Waals surface area (Å²) in [7, 11) is -3.55. The van der Waals surface area contributed by atoms with Crippen molar-refractivity contribution in [2.45, 2.75) is 13.0 Å². The lowest BCUT2D eigenvalue weighted by Crippen LogP contribution is -2.01. The van der Waals surface area contributed by atoms with Gasteiger partial charge >= 0.3 is 7.60 Å². The van der Waals surface area contributed by atoms with E-state index >= 15 is 0 Å². The highest BCUT2D eigenvalue weighted by atomic mass is 35.5. The molecular formula is C5H10ClO3P. The van der Waals surface area contributed by atoms with E-state index in [2.05, 4.69) is 11.1 Å². The third-order valence-electron chi connectivity index (χ3n) is 0.814. The first-order chi connectivity index (χ1) is 4.52. The van der Waals surface area contributed by atoms with Crippen molar-refractivity contribution >= 4 is 19.2 Å². The molecule has 60 valence electrons. The van der Waals surface area contributed by atoms with Gasteiger partial charge in [-0.1, -0.05) is 6.08 Å². The van der Waals surface area contributed by atoms with Crippen LogP contribution >= 0.6 is 19.2 Å². The van der Waals surface area contributed by atoms with Crippen molar-refractivity contribution in [1.82, 2.24) is 0 Å². The second-order valence-corrected chi connectivity index (χ2v) is 4.25. The molecule has 10 heavy (non-hydrogen) atoms. The minimum Gasteiger partial charge on any atom is -0.323 e. The molecule has 0 amide bonds. The first-order valence-electron chi connectivity index (χ1n) is 2.70. The van der Waals surface area contributed by atoms with Crippen LogP contribution in [0, 0.1) is 0 Å². The molecule has 0 spiro atoms. The van der Waals surface area contributed by atoms with Crippen LogP contribution in [0.5, 0.6) is 0 Å². The summed E-state index contributed by atoms with van der Waals surface area (Å²) in [6.45, 7) is 4.99. The number of hydrogen-bond acceptors (Lipinski definition) is 2. The van der Waals surface area contributed by atoms with Gasteiger partial charge in [0, 0.05) is 0 Å². The Morgan fingerprint density at radius 1 is 2.00 bits per heavy atom. The van der Waals surface area contributed by atoms with Crippen LogP contribution in [0.4, 0.5) is 0 Å². The molecule has 0 aromatic carbocycles. The number of alkyl halides is 1. The van der Waals surface area contributed by atoms with Gasteiger partial charge in [0.05, 0.1) is 6.10 Å². The Bertz CT molecular complexity index is 159. The van der Waals surface area contributed by atoms with Crippen molar-refractivity contribution in [3.63, 3.8) is 0 Å². The summed E-state index contributed by atoms with van der Waals surface area (Å²) in [5, 5.41) is 0. The number of rotatable bonds is 4. The fourth-order valence-electron chi connectivity index (χ4n) is 0.331. The molecule has 0 aliphatic carbocycles. The summed E-state index contributed by atoms with van der Waals surface area (Å²) in [5.74, 6) is 0. The van der Waals surface area contributed by atoms with Crippen LogP contribution in [-0.4, -0.2) is 16.6 Å². The van der Waals surface area contributed by atoms with Crippen molar-refractivity contribution in [2.75, 3.05) is 5.62 Å². The summed E-state index contributed by atoms with van der Waals surface area (Å²) in [6, 6.07) is 0. The average Bonchev–Trinajstić information content (AvgIpc) is 1.87. The second kappa shape index (κ2) is 4.14. The fraction of sp³-hybridized carbons (Fsp3) is 0.600. The van der Waals surface area contributed by atoms with Crippen molar-refractivity contribution in [2.24, 2.45) is 0 Å². The summed E-state index contributed by atoms with van der Waals surface area (Å²) in [6.07, 6.45) is 0.990. The zero-order valence-electron chi connectivity index (χ0n) is 5.66. The van der Waals surface area contributed by atoms with Gasteiger partial charge in [0.15, 0.2) is 0 Å². The van der Waals surface area contributed by atoms with E-state index in [0.29, 0.717) is 0 Å². The molecule has 3 nitrogen and oxygen atoms in total. The van der Waals surface area contributed by atoms with E-state index in [4.69, 9.17) is 16.5 Å². The highest BCUT2D eigenvalue weighted by Crippen LogP contribution is 2.44. The fourth-order valence-corrected chi connectivity index (χ4v) is 1.16. The Kier molecular flexibility index (Phi) is 4.22. The molecular weight excluding hydrogens is 174 g/mol. The molecule has 0 heterocycles. The van der Waals surface area contributed by atoms with E-state index in [1.54, 1.807) is 6.92 Å². The van der Waals surface area contributed by atoms with Crippen LogP contribution < -0.4 is 0 Å². The highest BCUT2D eigenvalue weighted by molar-refractivity contribution is 7.54. The van der Waals surface area contributed by atoms with Crippen LogP contribution in [-0.2, 0) is 9.09 Å². The largest absolute Gasteiger partial charge is 0.343 e. The summed E-state index contributed by atoms with van der Waals surface area (Å²) < 4.78 is 15.3. The lowest BCUT2D eigenvalue weighted by atomic mass is 10.4. The molecule has 0 bridgehead atoms. The summed E-state index contributed by atoms with van der Waals surface area (Å²) in [4.78, 5) is 8.78. The van der Waals surface area contributed by atoms with Gasteiger partial charge in [0.2, 0.25) is 0 Å². The van der Waals surface area contributed by atoms with Gasteiger partial charge in [-0.3, -0.25) is 4.57 Å². The summed E-state index contributed by atoms with van der Waals surface area (Å²) >= 11 is 5.12. The molecule has 5 heteroatoms. The van der Waals surface area contributed by atoms with Gasteiger partial charge in [-0.25, -0.2) is 0 Å². The zero-order chi connectivity index (χ0) is 8.20. The number of halogens is 1. The molecule has 0 saturated carbocycles. The van der Waals surface area contributed by atoms with Gasteiger partial charge in [0.25, 0.3) is 0 Å². The van der Waals surface area contributed by atoms with Crippen LogP contribution in [0.2, 0.25) is 0 Å². The third-order valence-corrected chi connectivity index (χ3v) is 2.68. The van der Waals surface area contributed by atoms with Crippen molar-refractivity contribution in [3.8, 4) is 0 Å². The number of hydrogen-bond donors (Lipinski definition) is 1. The second-order valence-electron chi connectivity index (χ2n) is 1.80. The normalized spacial score (nSPS) is 19.5. The van der Waals surface area contributed by atoms with Gasteiger partial charge in [-0.2, -0.15) is 0 Å². The molecule has 0 aromatic rings. The molecule has 0 aliphatic heterocycles. The van der Waals surface area contributed by atoms with E-state index in [1.807, 2.05) is 0 Å². The third kappa shape index (κ3) is 4.07. The maximum absolute atomic E-state index is 10.7. The zero-order valence-corrected chi connectivity index (χ0v) is 7.31. The average molecular weight is 185 g/mol. The Morgan fingerprint density at radius 2 is 2.50 bits per heavy atom. The SMILES string of the molecule is C=CC(C)OP(=O)(O)CCl. The smallest absolute Gasteiger partial charge is 0.323 e. The van der Waals surface area contributed by atoms with Crippen LogP contribution in [0.1, 0.15) is 6.92 Å². The van der Waals surface area contributed by atoms with E-state index in [9.17, 15) is 4.57 Å². The standard InChI is InChI=1S/C5H10ClO3P/c1-3-5(2)9-10(7,8)4-6/h3,5H,1,4H2,2H3,(H,7,8).